The summed E-state index contributed by atoms with van der Waals surface area (Å²) in [4.78, 5) is 0. The molecule has 1 unspecified atom stereocenters. The van der Waals surface area contributed by atoms with E-state index >= 15 is 0 Å². The van der Waals surface area contributed by atoms with E-state index in [1.807, 2.05) is 13.1 Å². The van der Waals surface area contributed by atoms with Crippen molar-refractivity contribution in [2.45, 2.75) is 52.0 Å². The summed E-state index contributed by atoms with van der Waals surface area (Å²) in [5.41, 5.74) is 1.29. The first kappa shape index (κ1) is 16.3. The van der Waals surface area contributed by atoms with Gasteiger partial charge < -0.3 is 10.1 Å². The van der Waals surface area contributed by atoms with Gasteiger partial charge in [-0.15, -0.1) is 0 Å². The molecule has 21 heavy (non-hydrogen) atoms. The molecule has 0 saturated heterocycles. The van der Waals surface area contributed by atoms with Gasteiger partial charge in [-0.05, 0) is 55.3 Å². The normalized spacial score (nSPS) is 19.0. The van der Waals surface area contributed by atoms with E-state index in [2.05, 4.69) is 19.2 Å². The second-order valence-electron chi connectivity index (χ2n) is 6.78. The quantitative estimate of drug-likeness (QED) is 0.820. The number of rotatable bonds is 6. The third-order valence-electron chi connectivity index (χ3n) is 4.82. The number of ether oxygens (including phenoxy) is 1. The number of hydrogen-bond acceptors (Lipinski definition) is 2. The van der Waals surface area contributed by atoms with Crippen LogP contribution in [0.5, 0.6) is 5.75 Å². The summed E-state index contributed by atoms with van der Waals surface area (Å²) < 4.78 is 19.1. The molecular weight excluding hydrogens is 265 g/mol. The Bertz CT molecular complexity index is 466. The van der Waals surface area contributed by atoms with Crippen molar-refractivity contribution < 1.29 is 9.13 Å². The van der Waals surface area contributed by atoms with Crippen LogP contribution in [0.4, 0.5) is 4.39 Å². The highest BCUT2D eigenvalue weighted by Crippen LogP contribution is 2.51. The van der Waals surface area contributed by atoms with Crippen molar-refractivity contribution in [3.8, 4) is 5.75 Å². The molecule has 2 rings (SSSR count). The molecule has 118 valence electrons. The summed E-state index contributed by atoms with van der Waals surface area (Å²) in [6.07, 6.45) is 6.20. The third kappa shape index (κ3) is 3.39. The highest BCUT2D eigenvalue weighted by Gasteiger charge is 2.41. The number of benzene rings is 1. The molecule has 1 aliphatic rings. The standard InChI is InChI=1S/C18H28FNO/c1-13(2)12-18(9-5-6-10-18)17(20-3)14-7-8-16(21-4)15(19)11-14/h7-8,11,13,17,20H,5-6,9-10,12H2,1-4H3. The van der Waals surface area contributed by atoms with Crippen LogP contribution in [0.25, 0.3) is 0 Å². The van der Waals surface area contributed by atoms with E-state index in [4.69, 9.17) is 4.74 Å². The first-order valence-electron chi connectivity index (χ1n) is 8.03. The van der Waals surface area contributed by atoms with Gasteiger partial charge in [-0.2, -0.15) is 0 Å². The van der Waals surface area contributed by atoms with E-state index in [0.29, 0.717) is 11.7 Å². The maximum Gasteiger partial charge on any atom is 0.165 e. The van der Waals surface area contributed by atoms with E-state index in [0.717, 1.165) is 5.56 Å². The molecule has 0 amide bonds. The van der Waals surface area contributed by atoms with E-state index in [1.165, 1.54) is 39.2 Å². The largest absolute Gasteiger partial charge is 0.494 e. The van der Waals surface area contributed by atoms with Crippen LogP contribution in [0.1, 0.15) is 57.6 Å². The average Bonchev–Trinajstić information content (AvgIpc) is 2.88. The Morgan fingerprint density at radius 3 is 2.43 bits per heavy atom. The van der Waals surface area contributed by atoms with Crippen LogP contribution in [-0.4, -0.2) is 14.2 Å². The van der Waals surface area contributed by atoms with Crippen molar-refractivity contribution in [2.24, 2.45) is 11.3 Å². The zero-order valence-corrected chi connectivity index (χ0v) is 13.7. The lowest BCUT2D eigenvalue weighted by Crippen LogP contribution is -2.36. The molecule has 0 radical (unpaired) electrons. The zero-order chi connectivity index (χ0) is 15.5. The molecule has 0 aliphatic heterocycles. The lowest BCUT2D eigenvalue weighted by molar-refractivity contribution is 0.161. The summed E-state index contributed by atoms with van der Waals surface area (Å²) in [7, 11) is 3.50. The topological polar surface area (TPSA) is 21.3 Å². The van der Waals surface area contributed by atoms with E-state index in [9.17, 15) is 4.39 Å². The fourth-order valence-corrected chi connectivity index (χ4v) is 4.19. The number of methoxy groups -OCH3 is 1. The Labute approximate surface area is 128 Å². The third-order valence-corrected chi connectivity index (χ3v) is 4.82. The van der Waals surface area contributed by atoms with E-state index < -0.39 is 0 Å². The molecule has 2 nitrogen and oxygen atoms in total. The molecule has 1 fully saturated rings. The fourth-order valence-electron chi connectivity index (χ4n) is 4.19. The molecule has 1 N–H and O–H groups in total. The van der Waals surface area contributed by atoms with Crippen molar-refractivity contribution >= 4 is 0 Å². The number of nitrogens with one attached hydrogen (secondary N) is 1. The van der Waals surface area contributed by atoms with Crippen molar-refractivity contribution in [2.75, 3.05) is 14.2 Å². The molecule has 1 aliphatic carbocycles. The maximum absolute atomic E-state index is 14.1. The van der Waals surface area contributed by atoms with Gasteiger partial charge in [0.1, 0.15) is 0 Å². The van der Waals surface area contributed by atoms with Gasteiger partial charge in [0.15, 0.2) is 11.6 Å². The van der Waals surface area contributed by atoms with Crippen LogP contribution in [-0.2, 0) is 0 Å². The SMILES string of the molecule is CNC(c1ccc(OC)c(F)c1)C1(CC(C)C)CCCC1. The minimum atomic E-state index is -0.270. The minimum Gasteiger partial charge on any atom is -0.494 e. The first-order chi connectivity index (χ1) is 10.0. The lowest BCUT2D eigenvalue weighted by atomic mass is 9.70. The van der Waals surface area contributed by atoms with Gasteiger partial charge in [0.25, 0.3) is 0 Å². The predicted octanol–water partition coefficient (Wildman–Crippen LogP) is 4.70. The van der Waals surface area contributed by atoms with Crippen molar-refractivity contribution in [1.82, 2.24) is 5.32 Å². The molecule has 1 aromatic carbocycles. The van der Waals surface area contributed by atoms with Gasteiger partial charge in [0.05, 0.1) is 7.11 Å². The predicted molar refractivity (Wildman–Crippen MR) is 85.1 cm³/mol. The molecule has 1 aromatic rings. The van der Waals surface area contributed by atoms with Crippen molar-refractivity contribution in [3.05, 3.63) is 29.6 Å². The highest BCUT2D eigenvalue weighted by atomic mass is 19.1. The summed E-state index contributed by atoms with van der Waals surface area (Å²) >= 11 is 0. The van der Waals surface area contributed by atoms with Crippen LogP contribution in [0.15, 0.2) is 18.2 Å². The molecule has 0 aromatic heterocycles. The van der Waals surface area contributed by atoms with Crippen molar-refractivity contribution in [3.63, 3.8) is 0 Å². The molecule has 0 spiro atoms. The molecule has 1 atom stereocenters. The number of hydrogen-bond donors (Lipinski definition) is 1. The maximum atomic E-state index is 14.1. The van der Waals surface area contributed by atoms with Gasteiger partial charge in [0, 0.05) is 6.04 Å². The van der Waals surface area contributed by atoms with E-state index in [-0.39, 0.29) is 17.3 Å². The van der Waals surface area contributed by atoms with Crippen LogP contribution in [0, 0.1) is 17.2 Å². The fraction of sp³-hybridized carbons (Fsp3) is 0.667. The van der Waals surface area contributed by atoms with Gasteiger partial charge in [0.2, 0.25) is 0 Å². The van der Waals surface area contributed by atoms with Gasteiger partial charge in [-0.3, -0.25) is 0 Å². The molecule has 1 saturated carbocycles. The second-order valence-corrected chi connectivity index (χ2v) is 6.78. The Balaban J connectivity index is 2.34. The van der Waals surface area contributed by atoms with Crippen LogP contribution < -0.4 is 10.1 Å². The molecule has 0 heterocycles. The summed E-state index contributed by atoms with van der Waals surface area (Å²) in [5.74, 6) is 0.702. The first-order valence-corrected chi connectivity index (χ1v) is 8.03. The van der Waals surface area contributed by atoms with Gasteiger partial charge in [-0.1, -0.05) is 32.8 Å². The highest BCUT2D eigenvalue weighted by molar-refractivity contribution is 5.32. The number of halogens is 1. The van der Waals surface area contributed by atoms with Gasteiger partial charge in [-0.25, -0.2) is 4.39 Å². The monoisotopic (exact) mass is 293 g/mol. The zero-order valence-electron chi connectivity index (χ0n) is 13.7. The Hall–Kier alpha value is -1.09. The Kier molecular flexibility index (Phi) is 5.26. The molecular formula is C18H28FNO. The summed E-state index contributed by atoms with van der Waals surface area (Å²) in [6, 6.07) is 5.60. The summed E-state index contributed by atoms with van der Waals surface area (Å²) in [5, 5.41) is 3.46. The Morgan fingerprint density at radius 1 is 1.29 bits per heavy atom. The van der Waals surface area contributed by atoms with Crippen molar-refractivity contribution in [1.29, 1.82) is 0 Å². The smallest absolute Gasteiger partial charge is 0.165 e. The van der Waals surface area contributed by atoms with Crippen LogP contribution >= 0.6 is 0 Å². The Morgan fingerprint density at radius 2 is 1.95 bits per heavy atom. The van der Waals surface area contributed by atoms with Gasteiger partial charge >= 0.3 is 0 Å². The molecule has 3 heteroatoms. The van der Waals surface area contributed by atoms with Crippen LogP contribution in [0.2, 0.25) is 0 Å². The minimum absolute atomic E-state index is 0.211. The molecule has 0 bridgehead atoms. The average molecular weight is 293 g/mol. The van der Waals surface area contributed by atoms with Crippen LogP contribution in [0.3, 0.4) is 0 Å². The second kappa shape index (κ2) is 6.78. The van der Waals surface area contributed by atoms with E-state index in [1.54, 1.807) is 12.1 Å². The summed E-state index contributed by atoms with van der Waals surface area (Å²) in [6.45, 7) is 4.56. The lowest BCUT2D eigenvalue weighted by Gasteiger charge is -2.39.